The fraction of sp³-hybridized carbons (Fsp3) is 0.455. The Balaban J connectivity index is 3.16. The van der Waals surface area contributed by atoms with E-state index in [0.717, 1.165) is 5.56 Å². The summed E-state index contributed by atoms with van der Waals surface area (Å²) in [6.07, 6.45) is 0. The molecule has 4 nitrogen and oxygen atoms in total. The molecule has 17 heavy (non-hydrogen) atoms. The van der Waals surface area contributed by atoms with Crippen LogP contribution in [0.5, 0.6) is 0 Å². The normalized spacial score (nSPS) is 12.1. The van der Waals surface area contributed by atoms with E-state index in [4.69, 9.17) is 0 Å². The van der Waals surface area contributed by atoms with Crippen molar-refractivity contribution in [3.05, 3.63) is 28.2 Å². The van der Waals surface area contributed by atoms with Crippen molar-refractivity contribution in [2.24, 2.45) is 0 Å². The lowest BCUT2D eigenvalue weighted by atomic mass is 10.2. The standard InChI is InChI=1S/C11H17BrN2O2S/c1-8(2)14-17(15,16)11-6-9(7-13-3)4-5-10(11)12/h4-6,8,13-14H,7H2,1-3H3. The van der Waals surface area contributed by atoms with Crippen molar-refractivity contribution >= 4 is 26.0 Å². The van der Waals surface area contributed by atoms with Crippen LogP contribution in [-0.2, 0) is 16.6 Å². The van der Waals surface area contributed by atoms with Gasteiger partial charge in [0, 0.05) is 17.1 Å². The molecule has 0 radical (unpaired) electrons. The number of hydrogen-bond acceptors (Lipinski definition) is 3. The van der Waals surface area contributed by atoms with Gasteiger partial charge in [-0.05, 0) is 54.5 Å². The van der Waals surface area contributed by atoms with Crippen molar-refractivity contribution in [2.75, 3.05) is 7.05 Å². The van der Waals surface area contributed by atoms with Crippen molar-refractivity contribution in [3.63, 3.8) is 0 Å². The smallest absolute Gasteiger partial charge is 0.241 e. The van der Waals surface area contributed by atoms with Gasteiger partial charge in [-0.25, -0.2) is 13.1 Å². The summed E-state index contributed by atoms with van der Waals surface area (Å²) in [7, 11) is -1.63. The van der Waals surface area contributed by atoms with Crippen LogP contribution >= 0.6 is 15.9 Å². The molecule has 1 aromatic rings. The molecular formula is C11H17BrN2O2S. The van der Waals surface area contributed by atoms with E-state index in [2.05, 4.69) is 26.0 Å². The summed E-state index contributed by atoms with van der Waals surface area (Å²) in [5.41, 5.74) is 0.930. The number of rotatable bonds is 5. The Hall–Kier alpha value is -0.430. The van der Waals surface area contributed by atoms with Crippen LogP contribution in [0.2, 0.25) is 0 Å². The van der Waals surface area contributed by atoms with E-state index in [9.17, 15) is 8.42 Å². The molecule has 0 heterocycles. The minimum Gasteiger partial charge on any atom is -0.316 e. The Bertz CT molecular complexity index is 486. The van der Waals surface area contributed by atoms with Gasteiger partial charge in [-0.1, -0.05) is 6.07 Å². The fourth-order valence-electron chi connectivity index (χ4n) is 1.44. The van der Waals surface area contributed by atoms with Gasteiger partial charge in [0.25, 0.3) is 0 Å². The van der Waals surface area contributed by atoms with E-state index < -0.39 is 10.0 Å². The first-order chi connectivity index (χ1) is 7.86. The molecule has 0 spiro atoms. The molecule has 96 valence electrons. The van der Waals surface area contributed by atoms with Crippen LogP contribution in [-0.4, -0.2) is 21.5 Å². The topological polar surface area (TPSA) is 58.2 Å². The summed E-state index contributed by atoms with van der Waals surface area (Å²) in [5, 5.41) is 2.99. The Kier molecular flexibility index (Phi) is 5.12. The molecule has 0 aromatic heterocycles. The first kappa shape index (κ1) is 14.6. The Morgan fingerprint density at radius 1 is 1.35 bits per heavy atom. The molecule has 1 rings (SSSR count). The lowest BCUT2D eigenvalue weighted by Gasteiger charge is -2.12. The van der Waals surface area contributed by atoms with Gasteiger partial charge in [-0.2, -0.15) is 0 Å². The zero-order chi connectivity index (χ0) is 13.1. The number of halogens is 1. The molecule has 6 heteroatoms. The first-order valence-corrected chi connectivity index (χ1v) is 7.60. The quantitative estimate of drug-likeness (QED) is 0.870. The van der Waals surface area contributed by atoms with Gasteiger partial charge in [0.2, 0.25) is 10.0 Å². The van der Waals surface area contributed by atoms with Crippen LogP contribution in [0.3, 0.4) is 0 Å². The molecule has 0 bridgehead atoms. The van der Waals surface area contributed by atoms with Crippen molar-refractivity contribution in [1.29, 1.82) is 0 Å². The number of benzene rings is 1. The molecule has 0 aliphatic rings. The van der Waals surface area contributed by atoms with E-state index in [1.54, 1.807) is 26.0 Å². The van der Waals surface area contributed by atoms with Crippen LogP contribution in [0, 0.1) is 0 Å². The van der Waals surface area contributed by atoms with E-state index in [-0.39, 0.29) is 10.9 Å². The van der Waals surface area contributed by atoms with Gasteiger partial charge >= 0.3 is 0 Å². The van der Waals surface area contributed by atoms with E-state index in [1.165, 1.54) is 0 Å². The van der Waals surface area contributed by atoms with E-state index >= 15 is 0 Å². The molecule has 0 atom stereocenters. The predicted octanol–water partition coefficient (Wildman–Crippen LogP) is 1.86. The third-order valence-electron chi connectivity index (χ3n) is 2.06. The zero-order valence-electron chi connectivity index (χ0n) is 10.1. The highest BCUT2D eigenvalue weighted by Crippen LogP contribution is 2.23. The molecule has 1 aromatic carbocycles. The Morgan fingerprint density at radius 3 is 2.53 bits per heavy atom. The second kappa shape index (κ2) is 5.95. The fourth-order valence-corrected chi connectivity index (χ4v) is 3.71. The number of nitrogens with one attached hydrogen (secondary N) is 2. The highest BCUT2D eigenvalue weighted by Gasteiger charge is 2.18. The molecule has 0 aliphatic carbocycles. The summed E-state index contributed by atoms with van der Waals surface area (Å²) in [4.78, 5) is 0.277. The summed E-state index contributed by atoms with van der Waals surface area (Å²) in [6, 6.07) is 5.18. The van der Waals surface area contributed by atoms with Crippen molar-refractivity contribution in [2.45, 2.75) is 31.3 Å². The summed E-state index contributed by atoms with van der Waals surface area (Å²) in [5.74, 6) is 0. The lowest BCUT2D eigenvalue weighted by Crippen LogP contribution is -2.30. The maximum atomic E-state index is 12.1. The average molecular weight is 321 g/mol. The number of hydrogen-bond donors (Lipinski definition) is 2. The molecule has 0 unspecified atom stereocenters. The van der Waals surface area contributed by atoms with Crippen molar-refractivity contribution in [3.8, 4) is 0 Å². The minimum atomic E-state index is -3.46. The van der Waals surface area contributed by atoms with Crippen molar-refractivity contribution < 1.29 is 8.42 Å². The van der Waals surface area contributed by atoms with E-state index in [1.807, 2.05) is 13.1 Å². The number of sulfonamides is 1. The second-order valence-electron chi connectivity index (χ2n) is 4.07. The largest absolute Gasteiger partial charge is 0.316 e. The first-order valence-electron chi connectivity index (χ1n) is 5.32. The zero-order valence-corrected chi connectivity index (χ0v) is 12.5. The van der Waals surface area contributed by atoms with Gasteiger partial charge < -0.3 is 5.32 Å². The maximum Gasteiger partial charge on any atom is 0.241 e. The molecular weight excluding hydrogens is 304 g/mol. The maximum absolute atomic E-state index is 12.1. The lowest BCUT2D eigenvalue weighted by molar-refractivity contribution is 0.569. The van der Waals surface area contributed by atoms with Crippen molar-refractivity contribution in [1.82, 2.24) is 10.0 Å². The third kappa shape index (κ3) is 4.06. The second-order valence-corrected chi connectivity index (χ2v) is 6.61. The van der Waals surface area contributed by atoms with E-state index in [0.29, 0.717) is 11.0 Å². The van der Waals surface area contributed by atoms with Gasteiger partial charge in [0.15, 0.2) is 0 Å². The van der Waals surface area contributed by atoms with Gasteiger partial charge in [-0.3, -0.25) is 0 Å². The molecule has 0 saturated heterocycles. The molecule has 0 saturated carbocycles. The molecule has 2 N–H and O–H groups in total. The van der Waals surface area contributed by atoms with Gasteiger partial charge in [0.05, 0.1) is 4.90 Å². The van der Waals surface area contributed by atoms with Crippen LogP contribution < -0.4 is 10.0 Å². The van der Waals surface area contributed by atoms with Crippen LogP contribution in [0.1, 0.15) is 19.4 Å². The Labute approximate surface area is 111 Å². The highest BCUT2D eigenvalue weighted by molar-refractivity contribution is 9.10. The molecule has 0 aliphatic heterocycles. The monoisotopic (exact) mass is 320 g/mol. The Morgan fingerprint density at radius 2 is 2.00 bits per heavy atom. The highest BCUT2D eigenvalue weighted by atomic mass is 79.9. The third-order valence-corrected chi connectivity index (χ3v) is 4.71. The summed E-state index contributed by atoms with van der Waals surface area (Å²) < 4.78 is 27.3. The minimum absolute atomic E-state index is 0.125. The molecule has 0 fully saturated rings. The average Bonchev–Trinajstić information content (AvgIpc) is 2.19. The predicted molar refractivity (Wildman–Crippen MR) is 72.4 cm³/mol. The van der Waals surface area contributed by atoms with Crippen LogP contribution in [0.15, 0.2) is 27.6 Å². The van der Waals surface area contributed by atoms with Crippen LogP contribution in [0.25, 0.3) is 0 Å². The summed E-state index contributed by atoms with van der Waals surface area (Å²) >= 11 is 3.27. The molecule has 0 amide bonds. The summed E-state index contributed by atoms with van der Waals surface area (Å²) in [6.45, 7) is 4.23. The van der Waals surface area contributed by atoms with Gasteiger partial charge in [0.1, 0.15) is 0 Å². The SMILES string of the molecule is CNCc1ccc(Br)c(S(=O)(=O)NC(C)C)c1. The van der Waals surface area contributed by atoms with Crippen LogP contribution in [0.4, 0.5) is 0 Å². The van der Waals surface area contributed by atoms with Gasteiger partial charge in [-0.15, -0.1) is 0 Å².